The topological polar surface area (TPSA) is 12.4 Å². The average molecular weight is 403 g/mol. The van der Waals surface area contributed by atoms with Gasteiger partial charge in [-0.05, 0) is 79.2 Å². The number of rotatable bonds is 2. The van der Waals surface area contributed by atoms with Crippen molar-refractivity contribution in [2.45, 2.75) is 32.6 Å². The molecule has 0 unspecified atom stereocenters. The van der Waals surface area contributed by atoms with E-state index in [2.05, 4.69) is 36.0 Å². The third kappa shape index (κ3) is 4.49. The molecular formula is C22H17F4NS. The van der Waals surface area contributed by atoms with Crippen LogP contribution in [0.25, 0.3) is 11.1 Å². The van der Waals surface area contributed by atoms with Crippen LogP contribution in [0.15, 0.2) is 29.3 Å². The fourth-order valence-electron chi connectivity index (χ4n) is 3.32. The van der Waals surface area contributed by atoms with Crippen molar-refractivity contribution in [1.82, 2.24) is 0 Å². The van der Waals surface area contributed by atoms with Crippen LogP contribution in [-0.4, -0.2) is 5.16 Å². The standard InChI is InChI=1S/C22H17F4NS/c1-13-2-4-14(5-3-13)6-7-17-18(23)8-15(9-19(17)24)16-10-20(25)22(27-12-28)21(26)11-16/h8-11,13-14H,2-5H2,1H3. The van der Waals surface area contributed by atoms with Crippen molar-refractivity contribution in [2.75, 3.05) is 0 Å². The van der Waals surface area contributed by atoms with Crippen molar-refractivity contribution in [3.05, 3.63) is 53.1 Å². The molecule has 0 atom stereocenters. The molecule has 2 aromatic rings. The number of benzene rings is 2. The van der Waals surface area contributed by atoms with Crippen LogP contribution in [0.1, 0.15) is 38.2 Å². The van der Waals surface area contributed by atoms with E-state index in [1.165, 1.54) is 0 Å². The first kappa shape index (κ1) is 20.3. The average Bonchev–Trinajstić information content (AvgIpc) is 2.65. The van der Waals surface area contributed by atoms with E-state index in [-0.39, 0.29) is 22.6 Å². The Morgan fingerprint density at radius 2 is 1.36 bits per heavy atom. The van der Waals surface area contributed by atoms with Gasteiger partial charge in [0.2, 0.25) is 0 Å². The lowest BCUT2D eigenvalue weighted by atomic mass is 9.83. The van der Waals surface area contributed by atoms with E-state index in [0.29, 0.717) is 5.92 Å². The summed E-state index contributed by atoms with van der Waals surface area (Å²) in [6.45, 7) is 2.18. The molecule has 1 saturated carbocycles. The molecule has 6 heteroatoms. The van der Waals surface area contributed by atoms with Gasteiger partial charge in [0.1, 0.15) is 17.3 Å². The van der Waals surface area contributed by atoms with E-state index < -0.39 is 29.0 Å². The smallest absolute Gasteiger partial charge is 0.153 e. The Labute approximate surface area is 166 Å². The predicted molar refractivity (Wildman–Crippen MR) is 104 cm³/mol. The van der Waals surface area contributed by atoms with Crippen molar-refractivity contribution in [1.29, 1.82) is 0 Å². The largest absolute Gasteiger partial charge is 0.205 e. The van der Waals surface area contributed by atoms with Crippen molar-refractivity contribution in [3.8, 4) is 23.0 Å². The highest BCUT2D eigenvalue weighted by Gasteiger charge is 2.18. The van der Waals surface area contributed by atoms with Gasteiger partial charge >= 0.3 is 0 Å². The molecule has 1 fully saturated rings. The highest BCUT2D eigenvalue weighted by Crippen LogP contribution is 2.31. The molecule has 0 heterocycles. The molecule has 0 radical (unpaired) electrons. The highest BCUT2D eigenvalue weighted by atomic mass is 32.1. The zero-order valence-corrected chi connectivity index (χ0v) is 16.0. The van der Waals surface area contributed by atoms with Gasteiger partial charge in [0.25, 0.3) is 0 Å². The highest BCUT2D eigenvalue weighted by molar-refractivity contribution is 7.78. The number of hydrogen-bond acceptors (Lipinski definition) is 2. The van der Waals surface area contributed by atoms with Gasteiger partial charge in [-0.25, -0.2) is 17.6 Å². The van der Waals surface area contributed by atoms with E-state index in [0.717, 1.165) is 49.9 Å². The molecule has 1 aliphatic carbocycles. The fourth-order valence-corrected chi connectivity index (χ4v) is 3.41. The van der Waals surface area contributed by atoms with Crippen LogP contribution >= 0.6 is 12.2 Å². The Hall–Kier alpha value is -2.48. The molecule has 0 bridgehead atoms. The van der Waals surface area contributed by atoms with Crippen LogP contribution in [0.3, 0.4) is 0 Å². The van der Waals surface area contributed by atoms with Gasteiger partial charge in [0.15, 0.2) is 11.6 Å². The lowest BCUT2D eigenvalue weighted by Crippen LogP contribution is -2.10. The predicted octanol–water partition coefficient (Wildman–Crippen LogP) is 6.82. The molecule has 1 aliphatic rings. The molecule has 1 nitrogen and oxygen atoms in total. The fraction of sp³-hybridized carbons (Fsp3) is 0.318. The van der Waals surface area contributed by atoms with Crippen molar-refractivity contribution < 1.29 is 17.6 Å². The van der Waals surface area contributed by atoms with Crippen molar-refractivity contribution in [2.24, 2.45) is 16.8 Å². The molecular weight excluding hydrogens is 386 g/mol. The van der Waals surface area contributed by atoms with Gasteiger partial charge in [0.05, 0.1) is 10.7 Å². The van der Waals surface area contributed by atoms with Gasteiger partial charge in [-0.15, -0.1) is 0 Å². The lowest BCUT2D eigenvalue weighted by Gasteiger charge is -2.21. The second kappa shape index (κ2) is 8.68. The van der Waals surface area contributed by atoms with Crippen molar-refractivity contribution >= 4 is 23.1 Å². The molecule has 144 valence electrons. The molecule has 0 N–H and O–H groups in total. The minimum absolute atomic E-state index is 0.00252. The zero-order valence-electron chi connectivity index (χ0n) is 15.2. The van der Waals surface area contributed by atoms with E-state index in [4.69, 9.17) is 0 Å². The van der Waals surface area contributed by atoms with Crippen LogP contribution < -0.4 is 0 Å². The third-order valence-electron chi connectivity index (χ3n) is 4.97. The SMILES string of the molecule is CC1CCC(C#Cc2c(F)cc(-c3cc(F)c(N=C=S)c(F)c3)cc2F)CC1. The summed E-state index contributed by atoms with van der Waals surface area (Å²) in [5.41, 5.74) is -0.936. The van der Waals surface area contributed by atoms with E-state index >= 15 is 0 Å². The number of hydrogen-bond donors (Lipinski definition) is 0. The van der Waals surface area contributed by atoms with Gasteiger partial charge in [-0.3, -0.25) is 0 Å². The van der Waals surface area contributed by atoms with Crippen LogP contribution in [-0.2, 0) is 0 Å². The van der Waals surface area contributed by atoms with Gasteiger partial charge < -0.3 is 0 Å². The van der Waals surface area contributed by atoms with Crippen LogP contribution in [0.5, 0.6) is 0 Å². The monoisotopic (exact) mass is 403 g/mol. The molecule has 0 amide bonds. The van der Waals surface area contributed by atoms with Crippen LogP contribution in [0, 0.1) is 46.9 Å². The number of aliphatic imine (C=N–C) groups is 1. The molecule has 0 aromatic heterocycles. The minimum atomic E-state index is -0.997. The Balaban J connectivity index is 1.92. The van der Waals surface area contributed by atoms with Crippen LogP contribution in [0.2, 0.25) is 0 Å². The van der Waals surface area contributed by atoms with Crippen molar-refractivity contribution in [3.63, 3.8) is 0 Å². The lowest BCUT2D eigenvalue weighted by molar-refractivity contribution is 0.337. The summed E-state index contributed by atoms with van der Waals surface area (Å²) < 4.78 is 56.9. The molecule has 2 aromatic carbocycles. The van der Waals surface area contributed by atoms with E-state index in [1.54, 1.807) is 0 Å². The maximum atomic E-state index is 14.4. The summed E-state index contributed by atoms with van der Waals surface area (Å²) in [6.07, 6.45) is 3.96. The molecule has 0 saturated heterocycles. The molecule has 3 rings (SSSR count). The molecule has 0 spiro atoms. The summed E-state index contributed by atoms with van der Waals surface area (Å²) in [6, 6.07) is 3.92. The minimum Gasteiger partial charge on any atom is -0.205 e. The number of halogens is 4. The Morgan fingerprint density at radius 1 is 0.857 bits per heavy atom. The summed E-state index contributed by atoms with van der Waals surface area (Å²) in [7, 11) is 0. The van der Waals surface area contributed by atoms with Gasteiger partial charge in [0, 0.05) is 5.92 Å². The summed E-state index contributed by atoms with van der Waals surface area (Å²) in [4.78, 5) is 3.31. The van der Waals surface area contributed by atoms with E-state index in [1.807, 2.05) is 5.16 Å². The number of nitrogens with zero attached hydrogens (tertiary/aromatic N) is 1. The maximum absolute atomic E-state index is 14.4. The summed E-state index contributed by atoms with van der Waals surface area (Å²) >= 11 is 4.34. The quantitative estimate of drug-likeness (QED) is 0.232. The normalized spacial score (nSPS) is 18.8. The first-order chi connectivity index (χ1) is 13.4. The maximum Gasteiger partial charge on any atom is 0.153 e. The van der Waals surface area contributed by atoms with Gasteiger partial charge in [-0.1, -0.05) is 18.8 Å². The first-order valence-corrected chi connectivity index (χ1v) is 9.37. The number of isothiocyanates is 1. The van der Waals surface area contributed by atoms with Crippen LogP contribution in [0.4, 0.5) is 23.2 Å². The molecule has 0 aliphatic heterocycles. The zero-order chi connectivity index (χ0) is 20.3. The summed E-state index contributed by atoms with van der Waals surface area (Å²) in [5, 5.41) is 1.89. The Kier molecular flexibility index (Phi) is 6.28. The number of thiocarbonyl (C=S) groups is 1. The summed E-state index contributed by atoms with van der Waals surface area (Å²) in [5.74, 6) is 2.63. The first-order valence-electron chi connectivity index (χ1n) is 8.97. The Bertz CT molecular complexity index is 961. The third-order valence-corrected chi connectivity index (χ3v) is 5.06. The Morgan fingerprint density at radius 3 is 1.86 bits per heavy atom. The molecule has 28 heavy (non-hydrogen) atoms. The second-order valence-corrected chi connectivity index (χ2v) is 7.22. The van der Waals surface area contributed by atoms with E-state index in [9.17, 15) is 17.6 Å². The second-order valence-electron chi connectivity index (χ2n) is 7.03. The van der Waals surface area contributed by atoms with Gasteiger partial charge in [-0.2, -0.15) is 4.99 Å².